The molecular formula is C21H15FN4O2S. The summed E-state index contributed by atoms with van der Waals surface area (Å²) in [4.78, 5) is 4.48. The lowest BCUT2D eigenvalue weighted by Crippen LogP contribution is -2.16. The Morgan fingerprint density at radius 3 is 2.66 bits per heavy atom. The predicted molar refractivity (Wildman–Crippen MR) is 108 cm³/mol. The van der Waals surface area contributed by atoms with Crippen LogP contribution in [-0.2, 0) is 0 Å². The Hall–Kier alpha value is -3.39. The quantitative estimate of drug-likeness (QED) is 0.471. The van der Waals surface area contributed by atoms with E-state index in [-0.39, 0.29) is 5.82 Å². The number of para-hydroxylation sites is 1. The van der Waals surface area contributed by atoms with Crippen LogP contribution < -0.4 is 10.1 Å². The highest BCUT2D eigenvalue weighted by Crippen LogP contribution is 2.40. The number of ether oxygens (including phenoxy) is 1. The maximum Gasteiger partial charge on any atom is 0.247 e. The summed E-state index contributed by atoms with van der Waals surface area (Å²) in [6.07, 6.45) is 1.27. The van der Waals surface area contributed by atoms with Crippen molar-refractivity contribution in [3.63, 3.8) is 0 Å². The molecule has 1 atom stereocenters. The lowest BCUT2D eigenvalue weighted by Gasteiger charge is -2.16. The minimum atomic E-state index is -0.613. The van der Waals surface area contributed by atoms with Crippen molar-refractivity contribution in [2.24, 2.45) is 0 Å². The molecule has 0 aliphatic carbocycles. The first-order chi connectivity index (χ1) is 14.2. The van der Waals surface area contributed by atoms with Gasteiger partial charge in [-0.1, -0.05) is 30.0 Å². The van der Waals surface area contributed by atoms with Crippen molar-refractivity contribution in [1.29, 1.82) is 0 Å². The van der Waals surface area contributed by atoms with E-state index in [0.717, 1.165) is 16.8 Å². The fraction of sp³-hybridized carbons (Fsp3) is 0.0952. The Bertz CT molecular complexity index is 1180. The third-order valence-corrected chi connectivity index (χ3v) is 5.07. The van der Waals surface area contributed by atoms with Crippen molar-refractivity contribution in [1.82, 2.24) is 15.2 Å². The number of hydrogen-bond donors (Lipinski definition) is 1. The second-order valence-electron chi connectivity index (χ2n) is 6.35. The molecule has 1 N–H and O–H groups in total. The van der Waals surface area contributed by atoms with E-state index in [1.165, 1.54) is 23.9 Å². The molecule has 0 saturated carbocycles. The summed E-state index contributed by atoms with van der Waals surface area (Å²) in [5.74, 6) is 1.27. The maximum atomic E-state index is 13.2. The van der Waals surface area contributed by atoms with Gasteiger partial charge in [0.1, 0.15) is 11.6 Å². The normalized spacial score (nSPS) is 14.9. The fourth-order valence-electron chi connectivity index (χ4n) is 3.13. The number of hydrogen-bond acceptors (Lipinski definition) is 7. The van der Waals surface area contributed by atoms with E-state index in [0.29, 0.717) is 28.3 Å². The minimum absolute atomic E-state index is 0.292. The molecular weight excluding hydrogens is 391 g/mol. The zero-order valence-electron chi connectivity index (χ0n) is 15.3. The zero-order chi connectivity index (χ0) is 19.8. The van der Waals surface area contributed by atoms with Crippen molar-refractivity contribution in [3.05, 3.63) is 72.2 Å². The Kier molecular flexibility index (Phi) is 4.40. The van der Waals surface area contributed by atoms with E-state index < -0.39 is 6.23 Å². The highest BCUT2D eigenvalue weighted by atomic mass is 32.2. The number of aromatic nitrogens is 3. The second-order valence-corrected chi connectivity index (χ2v) is 7.12. The molecule has 0 unspecified atom stereocenters. The summed E-state index contributed by atoms with van der Waals surface area (Å²) >= 11 is 1.39. The van der Waals surface area contributed by atoms with Gasteiger partial charge in [-0.05, 0) is 48.7 Å². The number of thioether (sulfide) groups is 1. The van der Waals surface area contributed by atoms with Gasteiger partial charge < -0.3 is 14.5 Å². The summed E-state index contributed by atoms with van der Waals surface area (Å²) in [7, 11) is 0. The smallest absolute Gasteiger partial charge is 0.247 e. The van der Waals surface area contributed by atoms with Gasteiger partial charge in [0.15, 0.2) is 11.5 Å². The molecule has 6 nitrogen and oxygen atoms in total. The van der Waals surface area contributed by atoms with Crippen molar-refractivity contribution in [2.45, 2.75) is 11.4 Å². The van der Waals surface area contributed by atoms with Crippen LogP contribution in [0.25, 0.3) is 22.6 Å². The van der Waals surface area contributed by atoms with Crippen LogP contribution in [0.15, 0.2) is 70.2 Å². The highest BCUT2D eigenvalue weighted by molar-refractivity contribution is 7.98. The third kappa shape index (κ3) is 3.31. The molecule has 0 amide bonds. The van der Waals surface area contributed by atoms with Crippen LogP contribution in [-0.4, -0.2) is 21.4 Å². The van der Waals surface area contributed by atoms with E-state index in [9.17, 15) is 4.39 Å². The Labute approximate surface area is 170 Å². The first kappa shape index (κ1) is 17.7. The number of nitrogens with one attached hydrogen (secondary N) is 1. The van der Waals surface area contributed by atoms with Gasteiger partial charge in [-0.25, -0.2) is 4.39 Å². The summed E-state index contributed by atoms with van der Waals surface area (Å²) < 4.78 is 25.4. The monoisotopic (exact) mass is 406 g/mol. The van der Waals surface area contributed by atoms with Crippen molar-refractivity contribution < 1.29 is 13.5 Å². The van der Waals surface area contributed by atoms with Crippen LogP contribution >= 0.6 is 11.8 Å². The van der Waals surface area contributed by atoms with E-state index in [2.05, 4.69) is 20.5 Å². The Morgan fingerprint density at radius 2 is 1.83 bits per heavy atom. The summed E-state index contributed by atoms with van der Waals surface area (Å²) in [6, 6.07) is 17.5. The molecule has 1 aliphatic rings. The van der Waals surface area contributed by atoms with Gasteiger partial charge in [-0.2, -0.15) is 4.98 Å². The van der Waals surface area contributed by atoms with Gasteiger partial charge in [-0.3, -0.25) is 0 Å². The number of benzene rings is 2. The second kappa shape index (κ2) is 7.21. The SMILES string of the molecule is CSc1nnc2c(n1)O[C@H](c1ccc(-c3ccc(F)cc3)o1)Nc1ccccc1-2. The first-order valence-corrected chi connectivity index (χ1v) is 10.1. The number of nitrogens with zero attached hydrogens (tertiary/aromatic N) is 3. The molecule has 0 radical (unpaired) electrons. The largest absolute Gasteiger partial charge is 0.455 e. The molecule has 29 heavy (non-hydrogen) atoms. The average molecular weight is 406 g/mol. The Morgan fingerprint density at radius 1 is 1.00 bits per heavy atom. The Balaban J connectivity index is 1.56. The molecule has 2 aromatic carbocycles. The van der Waals surface area contributed by atoms with Crippen LogP contribution in [0.4, 0.5) is 10.1 Å². The lowest BCUT2D eigenvalue weighted by molar-refractivity contribution is 0.196. The minimum Gasteiger partial charge on any atom is -0.455 e. The van der Waals surface area contributed by atoms with Crippen molar-refractivity contribution >= 4 is 17.4 Å². The van der Waals surface area contributed by atoms with Gasteiger partial charge in [0.05, 0.1) is 0 Å². The molecule has 0 fully saturated rings. The molecule has 0 saturated heterocycles. The van der Waals surface area contributed by atoms with Gasteiger partial charge >= 0.3 is 0 Å². The summed E-state index contributed by atoms with van der Waals surface area (Å²) in [6.45, 7) is 0. The number of halogens is 1. The molecule has 0 bridgehead atoms. The first-order valence-electron chi connectivity index (χ1n) is 8.88. The number of anilines is 1. The molecule has 1 aliphatic heterocycles. The number of furan rings is 1. The summed E-state index contributed by atoms with van der Waals surface area (Å²) in [5.41, 5.74) is 3.03. The van der Waals surface area contributed by atoms with E-state index in [1.54, 1.807) is 12.1 Å². The molecule has 4 aromatic rings. The molecule has 144 valence electrons. The van der Waals surface area contributed by atoms with Crippen LogP contribution in [0.1, 0.15) is 12.0 Å². The van der Waals surface area contributed by atoms with Crippen LogP contribution in [0, 0.1) is 5.82 Å². The van der Waals surface area contributed by atoms with Crippen LogP contribution in [0.2, 0.25) is 0 Å². The molecule has 2 aromatic heterocycles. The summed E-state index contributed by atoms with van der Waals surface area (Å²) in [5, 5.41) is 12.3. The molecule has 8 heteroatoms. The number of rotatable bonds is 3. The van der Waals surface area contributed by atoms with Gasteiger partial charge in [-0.15, -0.1) is 10.2 Å². The fourth-order valence-corrected chi connectivity index (χ4v) is 3.42. The van der Waals surface area contributed by atoms with Crippen molar-refractivity contribution in [3.8, 4) is 28.5 Å². The molecule has 0 spiro atoms. The molecule has 5 rings (SSSR count). The van der Waals surface area contributed by atoms with E-state index >= 15 is 0 Å². The number of fused-ring (bicyclic) bond motifs is 3. The van der Waals surface area contributed by atoms with E-state index in [1.807, 2.05) is 42.7 Å². The van der Waals surface area contributed by atoms with E-state index in [4.69, 9.17) is 9.15 Å². The predicted octanol–water partition coefficient (Wildman–Crippen LogP) is 5.16. The third-order valence-electron chi connectivity index (χ3n) is 4.53. The van der Waals surface area contributed by atoms with Crippen molar-refractivity contribution in [2.75, 3.05) is 11.6 Å². The van der Waals surface area contributed by atoms with Gasteiger partial charge in [0.25, 0.3) is 0 Å². The van der Waals surface area contributed by atoms with Crippen LogP contribution in [0.3, 0.4) is 0 Å². The van der Waals surface area contributed by atoms with Crippen LogP contribution in [0.5, 0.6) is 5.88 Å². The zero-order valence-corrected chi connectivity index (χ0v) is 16.1. The van der Waals surface area contributed by atoms with Gasteiger partial charge in [0, 0.05) is 16.8 Å². The van der Waals surface area contributed by atoms with Gasteiger partial charge in [0.2, 0.25) is 17.3 Å². The molecule has 3 heterocycles. The standard InChI is InChI=1S/C21H15FN4O2S/c1-29-21-24-20-18(25-26-21)14-4-2-3-5-15(14)23-19(28-20)17-11-10-16(27-17)12-6-8-13(22)9-7-12/h2-11,19,23H,1H3/t19-/m1/s1. The lowest BCUT2D eigenvalue weighted by atomic mass is 10.1. The highest BCUT2D eigenvalue weighted by Gasteiger charge is 2.27. The topological polar surface area (TPSA) is 73.1 Å². The maximum absolute atomic E-state index is 13.2. The average Bonchev–Trinajstić information content (AvgIpc) is 3.18.